The maximum absolute atomic E-state index is 14.5. The van der Waals surface area contributed by atoms with Gasteiger partial charge in [-0.2, -0.15) is 10.1 Å². The molecule has 0 unspecified atom stereocenters. The third-order valence-electron chi connectivity index (χ3n) is 4.22. The minimum atomic E-state index is -4.22. The van der Waals surface area contributed by atoms with E-state index >= 15 is 0 Å². The molecule has 0 atom stereocenters. The Labute approximate surface area is 163 Å². The standard InChI is InChI=1S/C18H14F2N6O2S/c1-10-5-11(7-22-6-10)9-29(27,28)18-24-17-12(8-23-25-17)16(21)26(18)15-13(19)3-2-4-14(15)20/h2-8,21H,9H2,1H3,(H,23,25). The molecular formula is C18H14F2N6O2S. The van der Waals surface area contributed by atoms with Crippen molar-refractivity contribution in [1.82, 2.24) is 24.7 Å². The summed E-state index contributed by atoms with van der Waals surface area (Å²) in [7, 11) is -4.22. The minimum absolute atomic E-state index is 0.0175. The van der Waals surface area contributed by atoms with Crippen molar-refractivity contribution in [3.05, 3.63) is 71.1 Å². The van der Waals surface area contributed by atoms with Gasteiger partial charge in [-0.05, 0) is 30.2 Å². The molecule has 0 aliphatic heterocycles. The van der Waals surface area contributed by atoms with Gasteiger partial charge in [0.1, 0.15) is 22.8 Å². The molecule has 1 aromatic carbocycles. The first-order valence-electron chi connectivity index (χ1n) is 8.36. The van der Waals surface area contributed by atoms with Crippen LogP contribution in [0.1, 0.15) is 11.1 Å². The van der Waals surface area contributed by atoms with Crippen LogP contribution < -0.4 is 5.49 Å². The molecule has 0 bridgehead atoms. The number of fused-ring (bicyclic) bond motifs is 1. The summed E-state index contributed by atoms with van der Waals surface area (Å²) < 4.78 is 56.0. The second-order valence-corrected chi connectivity index (χ2v) is 8.29. The molecule has 0 saturated carbocycles. The highest BCUT2D eigenvalue weighted by Crippen LogP contribution is 2.23. The van der Waals surface area contributed by atoms with E-state index in [9.17, 15) is 17.2 Å². The maximum atomic E-state index is 14.5. The van der Waals surface area contributed by atoms with Crippen molar-refractivity contribution in [3.63, 3.8) is 0 Å². The molecule has 29 heavy (non-hydrogen) atoms. The lowest BCUT2D eigenvalue weighted by molar-refractivity contribution is 0.543. The molecule has 8 nitrogen and oxygen atoms in total. The van der Waals surface area contributed by atoms with Crippen LogP contribution >= 0.6 is 0 Å². The summed E-state index contributed by atoms with van der Waals surface area (Å²) in [5, 5.41) is 14.1. The van der Waals surface area contributed by atoms with Gasteiger partial charge >= 0.3 is 0 Å². The van der Waals surface area contributed by atoms with Crippen molar-refractivity contribution in [2.45, 2.75) is 17.8 Å². The van der Waals surface area contributed by atoms with Gasteiger partial charge in [-0.3, -0.25) is 20.1 Å². The molecule has 11 heteroatoms. The number of para-hydroxylation sites is 1. The summed E-state index contributed by atoms with van der Waals surface area (Å²) >= 11 is 0. The van der Waals surface area contributed by atoms with Crippen molar-refractivity contribution in [2.24, 2.45) is 0 Å². The number of rotatable bonds is 4. The average Bonchev–Trinajstić information content (AvgIpc) is 3.12. The van der Waals surface area contributed by atoms with Crippen molar-refractivity contribution < 1.29 is 17.2 Å². The fourth-order valence-corrected chi connectivity index (χ4v) is 4.42. The van der Waals surface area contributed by atoms with Crippen LogP contribution in [0.4, 0.5) is 8.78 Å². The molecule has 4 rings (SSSR count). The molecule has 148 valence electrons. The number of hydrogen-bond donors (Lipinski definition) is 2. The summed E-state index contributed by atoms with van der Waals surface area (Å²) in [6.45, 7) is 1.76. The van der Waals surface area contributed by atoms with E-state index in [0.29, 0.717) is 10.1 Å². The summed E-state index contributed by atoms with van der Waals surface area (Å²) in [4.78, 5) is 7.99. The number of aromatic nitrogens is 5. The Morgan fingerprint density at radius 1 is 1.17 bits per heavy atom. The highest BCUT2D eigenvalue weighted by molar-refractivity contribution is 7.90. The number of benzene rings is 1. The molecule has 3 heterocycles. The Kier molecular flexibility index (Phi) is 4.46. The number of hydrogen-bond acceptors (Lipinski definition) is 6. The van der Waals surface area contributed by atoms with E-state index in [1.54, 1.807) is 19.2 Å². The number of halogens is 2. The van der Waals surface area contributed by atoms with E-state index in [2.05, 4.69) is 20.2 Å². The van der Waals surface area contributed by atoms with Crippen LogP contribution in [0.15, 0.2) is 48.0 Å². The minimum Gasteiger partial charge on any atom is -0.283 e. The van der Waals surface area contributed by atoms with Gasteiger partial charge in [0.15, 0.2) is 5.65 Å². The van der Waals surface area contributed by atoms with Gasteiger partial charge in [0.25, 0.3) is 0 Å². The van der Waals surface area contributed by atoms with Crippen LogP contribution in [0.25, 0.3) is 16.7 Å². The largest absolute Gasteiger partial charge is 0.283 e. The van der Waals surface area contributed by atoms with E-state index in [0.717, 1.165) is 23.8 Å². The van der Waals surface area contributed by atoms with Crippen LogP contribution in [0.2, 0.25) is 0 Å². The van der Waals surface area contributed by atoms with E-state index in [-0.39, 0.29) is 11.0 Å². The highest BCUT2D eigenvalue weighted by Gasteiger charge is 2.27. The number of aromatic amines is 1. The van der Waals surface area contributed by atoms with Gasteiger partial charge < -0.3 is 0 Å². The lowest BCUT2D eigenvalue weighted by Crippen LogP contribution is -2.28. The Morgan fingerprint density at radius 3 is 2.59 bits per heavy atom. The molecule has 0 fully saturated rings. The fourth-order valence-electron chi connectivity index (χ4n) is 3.00. The second-order valence-electron chi connectivity index (χ2n) is 6.41. The predicted molar refractivity (Wildman–Crippen MR) is 98.9 cm³/mol. The van der Waals surface area contributed by atoms with Crippen LogP contribution in [0.5, 0.6) is 0 Å². The topological polar surface area (TPSA) is 117 Å². The molecule has 4 aromatic rings. The fraction of sp³-hybridized carbons (Fsp3) is 0.111. The van der Waals surface area contributed by atoms with E-state index in [4.69, 9.17) is 5.41 Å². The van der Waals surface area contributed by atoms with E-state index in [1.807, 2.05) is 0 Å². The molecule has 0 aliphatic rings. The first-order valence-corrected chi connectivity index (χ1v) is 10.0. The average molecular weight is 416 g/mol. The van der Waals surface area contributed by atoms with Gasteiger partial charge in [-0.25, -0.2) is 17.2 Å². The first kappa shape index (κ1) is 18.9. The van der Waals surface area contributed by atoms with Gasteiger partial charge in [0.05, 0.1) is 17.3 Å². The SMILES string of the molecule is Cc1cncc(CS(=O)(=O)c2nc3[nH]ncc3c(=N)n2-c2c(F)cccc2F)c1. The van der Waals surface area contributed by atoms with Crippen LogP contribution in [-0.2, 0) is 15.6 Å². The number of aryl methyl sites for hydroxylation is 1. The zero-order valence-electron chi connectivity index (χ0n) is 15.0. The Morgan fingerprint density at radius 2 is 1.90 bits per heavy atom. The third-order valence-corrected chi connectivity index (χ3v) is 5.77. The molecule has 0 saturated heterocycles. The monoisotopic (exact) mass is 416 g/mol. The molecule has 0 aliphatic carbocycles. The number of H-pyrrole nitrogens is 1. The van der Waals surface area contributed by atoms with Crippen LogP contribution in [-0.4, -0.2) is 33.2 Å². The Bertz CT molecular complexity index is 1390. The quantitative estimate of drug-likeness (QED) is 0.495. The lowest BCUT2D eigenvalue weighted by atomic mass is 10.2. The molecule has 3 aromatic heterocycles. The van der Waals surface area contributed by atoms with Crippen molar-refractivity contribution in [2.75, 3.05) is 0 Å². The van der Waals surface area contributed by atoms with E-state index < -0.39 is 43.6 Å². The van der Waals surface area contributed by atoms with Crippen molar-refractivity contribution in [1.29, 1.82) is 5.41 Å². The predicted octanol–water partition coefficient (Wildman–Crippen LogP) is 2.18. The van der Waals surface area contributed by atoms with Crippen LogP contribution in [0.3, 0.4) is 0 Å². The zero-order chi connectivity index (χ0) is 20.8. The van der Waals surface area contributed by atoms with Crippen LogP contribution in [0, 0.1) is 24.0 Å². The third kappa shape index (κ3) is 3.29. The Hall–Kier alpha value is -3.47. The van der Waals surface area contributed by atoms with Gasteiger partial charge in [0, 0.05) is 12.4 Å². The second kappa shape index (κ2) is 6.85. The number of pyridine rings is 1. The smallest absolute Gasteiger partial charge is 0.236 e. The number of nitrogens with zero attached hydrogens (tertiary/aromatic N) is 4. The molecular weight excluding hydrogens is 402 g/mol. The number of sulfone groups is 1. The van der Waals surface area contributed by atoms with Gasteiger partial charge in [-0.15, -0.1) is 0 Å². The van der Waals surface area contributed by atoms with Gasteiger partial charge in [-0.1, -0.05) is 12.1 Å². The number of nitrogens with one attached hydrogen (secondary N) is 2. The summed E-state index contributed by atoms with van der Waals surface area (Å²) in [6.07, 6.45) is 4.19. The summed E-state index contributed by atoms with van der Waals surface area (Å²) in [6, 6.07) is 4.74. The lowest BCUT2D eigenvalue weighted by Gasteiger charge is -2.15. The molecule has 2 N–H and O–H groups in total. The molecule has 0 amide bonds. The normalized spacial score (nSPS) is 11.8. The van der Waals surface area contributed by atoms with E-state index in [1.165, 1.54) is 12.4 Å². The summed E-state index contributed by atoms with van der Waals surface area (Å²) in [5.41, 5.74) is -0.0147. The summed E-state index contributed by atoms with van der Waals surface area (Å²) in [5.74, 6) is -2.56. The van der Waals surface area contributed by atoms with Crippen molar-refractivity contribution in [3.8, 4) is 5.69 Å². The molecule has 0 radical (unpaired) electrons. The Balaban J connectivity index is 2.02. The first-order chi connectivity index (χ1) is 13.8. The zero-order valence-corrected chi connectivity index (χ0v) is 15.8. The molecule has 0 spiro atoms. The maximum Gasteiger partial charge on any atom is 0.236 e. The van der Waals surface area contributed by atoms with Gasteiger partial charge in [0.2, 0.25) is 15.0 Å². The van der Waals surface area contributed by atoms with Crippen molar-refractivity contribution >= 4 is 20.9 Å². The highest BCUT2D eigenvalue weighted by atomic mass is 32.2.